The van der Waals surface area contributed by atoms with Crippen molar-refractivity contribution in [1.82, 2.24) is 0 Å². The Hall–Kier alpha value is -2.04. The minimum atomic E-state index is -0.216. The maximum absolute atomic E-state index is 9.65. The van der Waals surface area contributed by atoms with E-state index in [0.29, 0.717) is 17.9 Å². The molecule has 0 aliphatic carbocycles. The molecule has 0 atom stereocenters. The first-order valence-corrected chi connectivity index (χ1v) is 5.54. The molecule has 0 unspecified atom stereocenters. The molecule has 17 heavy (non-hydrogen) atoms. The summed E-state index contributed by atoms with van der Waals surface area (Å²) in [5, 5.41) is 17.1. The van der Waals surface area contributed by atoms with Gasteiger partial charge in [-0.2, -0.15) is 0 Å². The molecule has 0 spiro atoms. The fraction of sp³-hybridized carbons (Fsp3) is 0.333. The van der Waals surface area contributed by atoms with Crippen molar-refractivity contribution < 1.29 is 5.11 Å². The van der Waals surface area contributed by atoms with Crippen LogP contribution in [0.25, 0.3) is 0 Å². The van der Waals surface area contributed by atoms with E-state index in [-0.39, 0.29) is 17.1 Å². The summed E-state index contributed by atoms with van der Waals surface area (Å²) < 4.78 is 0. The molecule has 0 bridgehead atoms. The van der Waals surface area contributed by atoms with Crippen LogP contribution in [-0.2, 0) is 0 Å². The van der Waals surface area contributed by atoms with Crippen LogP contribution in [0.3, 0.4) is 0 Å². The van der Waals surface area contributed by atoms with Crippen molar-refractivity contribution in [3.05, 3.63) is 29.3 Å². The van der Waals surface area contributed by atoms with Crippen molar-refractivity contribution in [3.8, 4) is 5.75 Å². The number of nitrogens with one attached hydrogen (secondary N) is 1. The smallest absolute Gasteiger partial charge is 0.127 e. The minimum absolute atomic E-state index is 0.0522. The van der Waals surface area contributed by atoms with E-state index in [1.807, 2.05) is 0 Å². The molecule has 5 heteroatoms. The van der Waals surface area contributed by atoms with Gasteiger partial charge in [0.05, 0.1) is 5.56 Å². The minimum Gasteiger partial charge on any atom is -0.507 e. The number of phenols is 1. The summed E-state index contributed by atoms with van der Waals surface area (Å²) in [6, 6.07) is 4.82. The fourth-order valence-electron chi connectivity index (χ4n) is 1.48. The van der Waals surface area contributed by atoms with Crippen LogP contribution in [0.15, 0.2) is 23.2 Å². The van der Waals surface area contributed by atoms with Crippen LogP contribution in [0.5, 0.6) is 5.75 Å². The van der Waals surface area contributed by atoms with E-state index in [9.17, 15) is 5.11 Å². The molecule has 0 aromatic heterocycles. The van der Waals surface area contributed by atoms with Crippen LogP contribution in [0.4, 0.5) is 0 Å². The molecule has 0 aliphatic rings. The summed E-state index contributed by atoms with van der Waals surface area (Å²) >= 11 is 0. The summed E-state index contributed by atoms with van der Waals surface area (Å²) in [5.41, 5.74) is 12.0. The van der Waals surface area contributed by atoms with Gasteiger partial charge in [0.15, 0.2) is 0 Å². The zero-order valence-electron chi connectivity index (χ0n) is 9.90. The molecule has 6 N–H and O–H groups in total. The van der Waals surface area contributed by atoms with Crippen LogP contribution in [-0.4, -0.2) is 23.3 Å². The first-order valence-electron chi connectivity index (χ1n) is 5.54. The molecule has 1 rings (SSSR count). The molecule has 0 aliphatic heterocycles. The Labute approximate surface area is 101 Å². The summed E-state index contributed by atoms with van der Waals surface area (Å²) in [7, 11) is 0. The van der Waals surface area contributed by atoms with Gasteiger partial charge in [0.2, 0.25) is 0 Å². The van der Waals surface area contributed by atoms with Crippen LogP contribution in [0.2, 0.25) is 0 Å². The number of amidine groups is 2. The topological polar surface area (TPSA) is 108 Å². The molecule has 0 saturated heterocycles. The zero-order chi connectivity index (χ0) is 12.8. The van der Waals surface area contributed by atoms with Crippen LogP contribution >= 0.6 is 0 Å². The van der Waals surface area contributed by atoms with Gasteiger partial charge in [-0.1, -0.05) is 25.5 Å². The van der Waals surface area contributed by atoms with Crippen molar-refractivity contribution in [2.75, 3.05) is 6.54 Å². The molecule has 0 fully saturated rings. The second-order valence-corrected chi connectivity index (χ2v) is 3.73. The van der Waals surface area contributed by atoms with Gasteiger partial charge in [-0.05, 0) is 12.5 Å². The van der Waals surface area contributed by atoms with Gasteiger partial charge in [-0.3, -0.25) is 10.4 Å². The van der Waals surface area contributed by atoms with Gasteiger partial charge in [0.1, 0.15) is 17.4 Å². The second-order valence-electron chi connectivity index (χ2n) is 3.73. The molecule has 0 radical (unpaired) electrons. The average Bonchev–Trinajstić information content (AvgIpc) is 2.28. The molecular weight excluding hydrogens is 216 g/mol. The molecule has 92 valence electrons. The molecule has 0 amide bonds. The van der Waals surface area contributed by atoms with Gasteiger partial charge in [0.25, 0.3) is 0 Å². The largest absolute Gasteiger partial charge is 0.507 e. The highest BCUT2D eigenvalue weighted by Crippen LogP contribution is 2.20. The highest BCUT2D eigenvalue weighted by Gasteiger charge is 2.12. The van der Waals surface area contributed by atoms with E-state index in [2.05, 4.69) is 11.9 Å². The Morgan fingerprint density at radius 3 is 2.71 bits per heavy atom. The Morgan fingerprint density at radius 1 is 1.41 bits per heavy atom. The third-order valence-electron chi connectivity index (χ3n) is 2.38. The number of aliphatic imine (C=N–C) groups is 1. The number of nitrogens with zero attached hydrogens (tertiary/aromatic N) is 1. The fourth-order valence-corrected chi connectivity index (χ4v) is 1.48. The Balaban J connectivity index is 3.09. The Morgan fingerprint density at radius 2 is 2.12 bits per heavy atom. The van der Waals surface area contributed by atoms with Gasteiger partial charge >= 0.3 is 0 Å². The number of aromatic hydroxyl groups is 1. The predicted molar refractivity (Wildman–Crippen MR) is 69.6 cm³/mol. The number of hydrogen-bond acceptors (Lipinski definition) is 3. The SMILES string of the molecule is CCCCN=C(N)c1cccc(O)c1C(=N)N. The highest BCUT2D eigenvalue weighted by molar-refractivity contribution is 6.10. The van der Waals surface area contributed by atoms with Crippen molar-refractivity contribution in [2.45, 2.75) is 19.8 Å². The van der Waals surface area contributed by atoms with Crippen molar-refractivity contribution in [3.63, 3.8) is 0 Å². The lowest BCUT2D eigenvalue weighted by molar-refractivity contribution is 0.474. The standard InChI is InChI=1S/C12H18N4O/c1-2-3-7-16-12(15)8-5-4-6-9(17)10(8)11(13)14/h4-6,17H,2-3,7H2,1H3,(H3,13,14)(H2,15,16). The summed E-state index contributed by atoms with van der Waals surface area (Å²) in [6.07, 6.45) is 1.99. The van der Waals surface area contributed by atoms with Crippen LogP contribution in [0.1, 0.15) is 30.9 Å². The third kappa shape index (κ3) is 3.21. The van der Waals surface area contributed by atoms with Gasteiger partial charge < -0.3 is 16.6 Å². The quantitative estimate of drug-likeness (QED) is 0.349. The number of unbranched alkanes of at least 4 members (excludes halogenated alkanes) is 1. The van der Waals surface area contributed by atoms with E-state index >= 15 is 0 Å². The number of hydrogen-bond donors (Lipinski definition) is 4. The molecule has 5 nitrogen and oxygen atoms in total. The van der Waals surface area contributed by atoms with E-state index in [1.165, 1.54) is 6.07 Å². The molecule has 0 heterocycles. The van der Waals surface area contributed by atoms with E-state index < -0.39 is 0 Å². The van der Waals surface area contributed by atoms with Crippen molar-refractivity contribution in [2.24, 2.45) is 16.5 Å². The molecule has 0 saturated carbocycles. The van der Waals surface area contributed by atoms with E-state index in [1.54, 1.807) is 12.1 Å². The van der Waals surface area contributed by atoms with Gasteiger partial charge in [-0.15, -0.1) is 0 Å². The highest BCUT2D eigenvalue weighted by atomic mass is 16.3. The Bertz CT molecular complexity index is 440. The molecule has 1 aromatic carbocycles. The summed E-state index contributed by atoms with van der Waals surface area (Å²) in [4.78, 5) is 4.20. The van der Waals surface area contributed by atoms with Crippen molar-refractivity contribution in [1.29, 1.82) is 5.41 Å². The summed E-state index contributed by atoms with van der Waals surface area (Å²) in [5.74, 6) is 0.0370. The number of nitrogen functional groups attached to an aromatic ring is 1. The van der Waals surface area contributed by atoms with Crippen LogP contribution in [0, 0.1) is 5.41 Å². The number of phenolic OH excluding ortho intramolecular Hbond substituents is 1. The first kappa shape index (κ1) is 13.0. The zero-order valence-corrected chi connectivity index (χ0v) is 9.90. The lowest BCUT2D eigenvalue weighted by Gasteiger charge is -2.09. The third-order valence-corrected chi connectivity index (χ3v) is 2.38. The summed E-state index contributed by atoms with van der Waals surface area (Å²) in [6.45, 7) is 2.70. The van der Waals surface area contributed by atoms with Crippen LogP contribution < -0.4 is 11.5 Å². The second kappa shape index (κ2) is 5.89. The van der Waals surface area contributed by atoms with E-state index in [4.69, 9.17) is 16.9 Å². The molecular formula is C12H18N4O. The predicted octanol–water partition coefficient (Wildman–Crippen LogP) is 1.18. The number of rotatable bonds is 5. The monoisotopic (exact) mass is 234 g/mol. The lowest BCUT2D eigenvalue weighted by Crippen LogP contribution is -2.22. The maximum Gasteiger partial charge on any atom is 0.127 e. The number of nitrogens with two attached hydrogens (primary N) is 2. The molecule has 1 aromatic rings. The Kier molecular flexibility index (Phi) is 4.51. The maximum atomic E-state index is 9.65. The number of benzene rings is 1. The van der Waals surface area contributed by atoms with E-state index in [0.717, 1.165) is 12.8 Å². The van der Waals surface area contributed by atoms with Crippen molar-refractivity contribution >= 4 is 11.7 Å². The first-order chi connectivity index (χ1) is 8.07. The van der Waals surface area contributed by atoms with Gasteiger partial charge in [-0.25, -0.2) is 0 Å². The van der Waals surface area contributed by atoms with Gasteiger partial charge in [0, 0.05) is 12.1 Å². The lowest BCUT2D eigenvalue weighted by atomic mass is 10.0. The normalized spacial score (nSPS) is 11.5. The average molecular weight is 234 g/mol.